The maximum Gasteiger partial charge on any atom is 0.253 e. The molecule has 1 aliphatic heterocycles. The first-order valence-corrected chi connectivity index (χ1v) is 11.0. The molecule has 2 amide bonds. The molecule has 2 N–H and O–H groups in total. The summed E-state index contributed by atoms with van der Waals surface area (Å²) in [5, 5.41) is 6.05. The Labute approximate surface area is 179 Å². The van der Waals surface area contributed by atoms with Crippen LogP contribution in [0.3, 0.4) is 0 Å². The highest BCUT2D eigenvalue weighted by Crippen LogP contribution is 2.29. The van der Waals surface area contributed by atoms with E-state index in [1.54, 1.807) is 0 Å². The average molecular weight is 408 g/mol. The van der Waals surface area contributed by atoms with Crippen molar-refractivity contribution in [3.05, 3.63) is 59.7 Å². The molecule has 0 aliphatic carbocycles. The molecule has 3 rings (SSSR count). The monoisotopic (exact) mass is 407 g/mol. The first-order chi connectivity index (χ1) is 14.5. The van der Waals surface area contributed by atoms with E-state index in [9.17, 15) is 9.59 Å². The quantitative estimate of drug-likeness (QED) is 0.667. The van der Waals surface area contributed by atoms with Crippen molar-refractivity contribution in [3.63, 3.8) is 0 Å². The average Bonchev–Trinajstić information content (AvgIpc) is 2.75. The zero-order chi connectivity index (χ0) is 21.5. The Bertz CT molecular complexity index is 858. The number of amides is 2. The van der Waals surface area contributed by atoms with Gasteiger partial charge < -0.3 is 15.5 Å². The highest BCUT2D eigenvalue weighted by Gasteiger charge is 2.23. The van der Waals surface area contributed by atoms with Gasteiger partial charge in [-0.3, -0.25) is 9.59 Å². The molecular weight excluding hydrogens is 374 g/mol. The second kappa shape index (κ2) is 10.3. The van der Waals surface area contributed by atoms with Crippen molar-refractivity contribution >= 4 is 23.2 Å². The van der Waals surface area contributed by atoms with Crippen LogP contribution in [0.2, 0.25) is 0 Å². The van der Waals surface area contributed by atoms with Crippen molar-refractivity contribution in [1.29, 1.82) is 0 Å². The molecule has 0 spiro atoms. The summed E-state index contributed by atoms with van der Waals surface area (Å²) in [5.74, 6) is 0.567. The molecule has 2 aromatic carbocycles. The summed E-state index contributed by atoms with van der Waals surface area (Å²) in [6, 6.07) is 15.5. The summed E-state index contributed by atoms with van der Waals surface area (Å²) in [6.45, 7) is 8.12. The molecular formula is C25H33N3O2. The Hall–Kier alpha value is -2.82. The Morgan fingerprint density at radius 1 is 1.10 bits per heavy atom. The number of nitrogens with zero attached hydrogens (tertiary/aromatic N) is 1. The van der Waals surface area contributed by atoms with Crippen molar-refractivity contribution in [1.82, 2.24) is 5.32 Å². The fourth-order valence-corrected chi connectivity index (χ4v) is 3.87. The van der Waals surface area contributed by atoms with Gasteiger partial charge in [-0.1, -0.05) is 44.2 Å². The highest BCUT2D eigenvalue weighted by atomic mass is 16.2. The lowest BCUT2D eigenvalue weighted by Gasteiger charge is -2.33. The van der Waals surface area contributed by atoms with Crippen LogP contribution >= 0.6 is 0 Å². The molecule has 1 aliphatic rings. The maximum atomic E-state index is 13.3. The standard InChI is InChI=1S/C25H33N3O2/c1-4-8-24(29)27-21-11-12-23(28-15-13-18(2)14-16-28)22(17-21)25(30)26-19(3)20-9-6-5-7-10-20/h5-7,9-12,17-19H,4,8,13-16H2,1-3H3,(H,26,30)(H,27,29)/t19-/m1/s1. The Balaban J connectivity index is 1.85. The van der Waals surface area contributed by atoms with Gasteiger partial charge in [-0.15, -0.1) is 0 Å². The van der Waals surface area contributed by atoms with Crippen LogP contribution in [0.1, 0.15) is 68.4 Å². The Kier molecular flexibility index (Phi) is 7.50. The van der Waals surface area contributed by atoms with E-state index in [-0.39, 0.29) is 17.9 Å². The van der Waals surface area contributed by atoms with E-state index in [1.165, 1.54) is 0 Å². The highest BCUT2D eigenvalue weighted by molar-refractivity contribution is 6.02. The van der Waals surface area contributed by atoms with Crippen LogP contribution < -0.4 is 15.5 Å². The van der Waals surface area contributed by atoms with Crippen molar-refractivity contribution in [2.75, 3.05) is 23.3 Å². The lowest BCUT2D eigenvalue weighted by molar-refractivity contribution is -0.116. The van der Waals surface area contributed by atoms with E-state index in [0.29, 0.717) is 23.6 Å². The molecule has 0 radical (unpaired) electrons. The molecule has 1 heterocycles. The van der Waals surface area contributed by atoms with Gasteiger partial charge in [0.05, 0.1) is 11.6 Å². The number of rotatable bonds is 7. The summed E-state index contributed by atoms with van der Waals surface area (Å²) in [4.78, 5) is 27.6. The number of benzene rings is 2. The Morgan fingerprint density at radius 3 is 2.47 bits per heavy atom. The van der Waals surface area contributed by atoms with Gasteiger partial charge in [-0.25, -0.2) is 0 Å². The summed E-state index contributed by atoms with van der Waals surface area (Å²) in [6.07, 6.45) is 3.50. The van der Waals surface area contributed by atoms with Gasteiger partial charge in [0.15, 0.2) is 0 Å². The molecule has 0 saturated carbocycles. The molecule has 1 atom stereocenters. The van der Waals surface area contributed by atoms with Gasteiger partial charge in [0.25, 0.3) is 5.91 Å². The van der Waals surface area contributed by atoms with E-state index < -0.39 is 0 Å². The lowest BCUT2D eigenvalue weighted by atomic mass is 9.97. The second-order valence-electron chi connectivity index (χ2n) is 8.31. The molecule has 160 valence electrons. The summed E-state index contributed by atoms with van der Waals surface area (Å²) < 4.78 is 0. The number of hydrogen-bond donors (Lipinski definition) is 2. The molecule has 5 nitrogen and oxygen atoms in total. The van der Waals surface area contributed by atoms with E-state index in [4.69, 9.17) is 0 Å². The van der Waals surface area contributed by atoms with Crippen LogP contribution in [-0.2, 0) is 4.79 Å². The van der Waals surface area contributed by atoms with Gasteiger partial charge in [-0.2, -0.15) is 0 Å². The number of nitrogens with one attached hydrogen (secondary N) is 2. The molecule has 30 heavy (non-hydrogen) atoms. The van der Waals surface area contributed by atoms with Crippen LogP contribution in [0.4, 0.5) is 11.4 Å². The van der Waals surface area contributed by atoms with E-state index >= 15 is 0 Å². The SMILES string of the molecule is CCCC(=O)Nc1ccc(N2CCC(C)CC2)c(C(=O)N[C@H](C)c2ccccc2)c1. The van der Waals surface area contributed by atoms with Crippen LogP contribution in [0.25, 0.3) is 0 Å². The fourth-order valence-electron chi connectivity index (χ4n) is 3.87. The van der Waals surface area contributed by atoms with E-state index in [2.05, 4.69) is 22.5 Å². The lowest BCUT2D eigenvalue weighted by Crippen LogP contribution is -2.35. The first kappa shape index (κ1) is 21.9. The largest absolute Gasteiger partial charge is 0.371 e. The number of carbonyl (C=O) groups excluding carboxylic acids is 2. The zero-order valence-electron chi connectivity index (χ0n) is 18.3. The van der Waals surface area contributed by atoms with Crippen LogP contribution in [0, 0.1) is 5.92 Å². The number of piperidine rings is 1. The fraction of sp³-hybridized carbons (Fsp3) is 0.440. The van der Waals surface area contributed by atoms with E-state index in [1.807, 2.05) is 62.4 Å². The predicted octanol–water partition coefficient (Wildman–Crippen LogP) is 5.15. The third-order valence-electron chi connectivity index (χ3n) is 5.77. The third kappa shape index (κ3) is 5.62. The number of hydrogen-bond acceptors (Lipinski definition) is 3. The second-order valence-corrected chi connectivity index (χ2v) is 8.31. The van der Waals surface area contributed by atoms with Crippen LogP contribution in [-0.4, -0.2) is 24.9 Å². The van der Waals surface area contributed by atoms with Crippen molar-refractivity contribution < 1.29 is 9.59 Å². The predicted molar refractivity (Wildman–Crippen MR) is 123 cm³/mol. The molecule has 0 aromatic heterocycles. The number of anilines is 2. The summed E-state index contributed by atoms with van der Waals surface area (Å²) in [5.41, 5.74) is 3.28. The molecule has 1 fully saturated rings. The van der Waals surface area contributed by atoms with Gasteiger partial charge in [0.2, 0.25) is 5.91 Å². The Morgan fingerprint density at radius 2 is 1.80 bits per heavy atom. The summed E-state index contributed by atoms with van der Waals surface area (Å²) >= 11 is 0. The van der Waals surface area contributed by atoms with Crippen molar-refractivity contribution in [3.8, 4) is 0 Å². The maximum absolute atomic E-state index is 13.3. The third-order valence-corrected chi connectivity index (χ3v) is 5.77. The first-order valence-electron chi connectivity index (χ1n) is 11.0. The van der Waals surface area contributed by atoms with Crippen LogP contribution in [0.5, 0.6) is 0 Å². The smallest absolute Gasteiger partial charge is 0.253 e. The molecule has 0 bridgehead atoms. The minimum atomic E-state index is -0.119. The van der Waals surface area contributed by atoms with Gasteiger partial charge in [0, 0.05) is 30.9 Å². The molecule has 2 aromatic rings. The van der Waals surface area contributed by atoms with Crippen molar-refractivity contribution in [2.24, 2.45) is 5.92 Å². The normalized spacial score (nSPS) is 15.5. The summed E-state index contributed by atoms with van der Waals surface area (Å²) in [7, 11) is 0. The minimum Gasteiger partial charge on any atom is -0.371 e. The van der Waals surface area contributed by atoms with Crippen LogP contribution in [0.15, 0.2) is 48.5 Å². The minimum absolute atomic E-state index is 0.0268. The zero-order valence-corrected chi connectivity index (χ0v) is 18.3. The van der Waals surface area contributed by atoms with Crippen molar-refractivity contribution in [2.45, 2.75) is 52.5 Å². The topological polar surface area (TPSA) is 61.4 Å². The number of carbonyl (C=O) groups is 2. The molecule has 5 heteroatoms. The molecule has 1 saturated heterocycles. The molecule has 0 unspecified atom stereocenters. The van der Waals surface area contributed by atoms with Gasteiger partial charge in [-0.05, 0) is 55.9 Å². The van der Waals surface area contributed by atoms with Gasteiger partial charge >= 0.3 is 0 Å². The van der Waals surface area contributed by atoms with E-state index in [0.717, 1.165) is 43.6 Å². The van der Waals surface area contributed by atoms with Gasteiger partial charge in [0.1, 0.15) is 0 Å².